The van der Waals surface area contributed by atoms with Gasteiger partial charge in [-0.15, -0.1) is 0 Å². The van der Waals surface area contributed by atoms with Crippen molar-refractivity contribution < 1.29 is 44.3 Å². The predicted octanol–water partition coefficient (Wildman–Crippen LogP) is 2.54. The van der Waals surface area contributed by atoms with Gasteiger partial charge in [-0.3, -0.25) is 14.2 Å². The minimum atomic E-state index is -5.04. The molecule has 1 amide bonds. The van der Waals surface area contributed by atoms with Gasteiger partial charge in [0.15, 0.2) is 5.82 Å². The summed E-state index contributed by atoms with van der Waals surface area (Å²) in [6, 6.07) is 9.84. The second-order valence-electron chi connectivity index (χ2n) is 8.42. The average Bonchev–Trinajstić information content (AvgIpc) is 2.91. The Labute approximate surface area is 227 Å². The highest BCUT2D eigenvalue weighted by atomic mass is 32.2. The SMILES string of the molecule is COc1cc(NS(=O)(=O)c2ccc(NS(=O)(=O)c3ccc4c(c3)CN(C(=O)C(F)(F)F)CC4)cc2)nc(OC)n1. The molecule has 3 aromatic rings. The van der Waals surface area contributed by atoms with Crippen LogP contribution in [0.1, 0.15) is 11.1 Å². The van der Waals surface area contributed by atoms with Crippen LogP contribution in [0.3, 0.4) is 0 Å². The van der Waals surface area contributed by atoms with Crippen molar-refractivity contribution in [3.63, 3.8) is 0 Å². The minimum Gasteiger partial charge on any atom is -0.481 e. The Morgan fingerprint density at radius 2 is 1.52 bits per heavy atom. The average molecular weight is 602 g/mol. The maximum atomic E-state index is 13.0. The van der Waals surface area contributed by atoms with Gasteiger partial charge < -0.3 is 14.4 Å². The summed E-state index contributed by atoms with van der Waals surface area (Å²) in [5, 5.41) is 0. The van der Waals surface area contributed by atoms with Crippen LogP contribution >= 0.6 is 0 Å². The van der Waals surface area contributed by atoms with Crippen LogP contribution in [0.2, 0.25) is 0 Å². The molecule has 40 heavy (non-hydrogen) atoms. The maximum absolute atomic E-state index is 13.0. The first-order valence-electron chi connectivity index (χ1n) is 11.3. The van der Waals surface area contributed by atoms with E-state index in [1.165, 1.54) is 50.6 Å². The fourth-order valence-corrected chi connectivity index (χ4v) is 5.92. The lowest BCUT2D eigenvalue weighted by atomic mass is 10.00. The van der Waals surface area contributed by atoms with Crippen LogP contribution in [-0.4, -0.2) is 64.6 Å². The first-order valence-corrected chi connectivity index (χ1v) is 14.3. The number of halogens is 3. The van der Waals surface area contributed by atoms with Crippen molar-refractivity contribution in [2.75, 3.05) is 30.2 Å². The van der Waals surface area contributed by atoms with Crippen molar-refractivity contribution in [3.8, 4) is 11.9 Å². The summed E-state index contributed by atoms with van der Waals surface area (Å²) in [5.74, 6) is -2.07. The Bertz CT molecular complexity index is 1630. The molecule has 1 aliphatic rings. The van der Waals surface area contributed by atoms with E-state index in [1.54, 1.807) is 0 Å². The van der Waals surface area contributed by atoms with Gasteiger partial charge in [0, 0.05) is 24.8 Å². The molecule has 12 nitrogen and oxygen atoms in total. The van der Waals surface area contributed by atoms with E-state index >= 15 is 0 Å². The summed E-state index contributed by atoms with van der Waals surface area (Å²) in [4.78, 5) is 19.5. The highest BCUT2D eigenvalue weighted by Crippen LogP contribution is 2.28. The van der Waals surface area contributed by atoms with E-state index in [0.717, 1.165) is 12.1 Å². The van der Waals surface area contributed by atoms with Gasteiger partial charge in [-0.25, -0.2) is 16.8 Å². The molecule has 1 aliphatic heterocycles. The number of alkyl halides is 3. The monoisotopic (exact) mass is 601 g/mol. The number of aromatic nitrogens is 2. The van der Waals surface area contributed by atoms with Crippen molar-refractivity contribution in [3.05, 3.63) is 59.7 Å². The summed E-state index contributed by atoms with van der Waals surface area (Å²) < 4.78 is 104. The van der Waals surface area contributed by atoms with Gasteiger partial charge in [0.25, 0.3) is 20.0 Å². The molecule has 2 N–H and O–H groups in total. The smallest absolute Gasteiger partial charge is 0.471 e. The molecule has 0 saturated carbocycles. The molecule has 0 spiro atoms. The summed E-state index contributed by atoms with van der Waals surface area (Å²) in [6.07, 6.45) is -4.89. The Kier molecular flexibility index (Phi) is 7.80. The van der Waals surface area contributed by atoms with Gasteiger partial charge in [-0.2, -0.15) is 23.1 Å². The van der Waals surface area contributed by atoms with Crippen LogP contribution in [-0.2, 0) is 37.8 Å². The van der Waals surface area contributed by atoms with E-state index in [2.05, 4.69) is 19.4 Å². The van der Waals surface area contributed by atoms with E-state index < -0.39 is 32.1 Å². The number of nitrogens with zero attached hydrogens (tertiary/aromatic N) is 3. The lowest BCUT2D eigenvalue weighted by Gasteiger charge is -2.29. The second-order valence-corrected chi connectivity index (χ2v) is 11.8. The molecule has 1 aromatic heterocycles. The van der Waals surface area contributed by atoms with Crippen LogP contribution in [0, 0.1) is 0 Å². The quantitative estimate of drug-likeness (QED) is 0.396. The number of nitrogens with one attached hydrogen (secondary N) is 2. The molecule has 0 unspecified atom stereocenters. The van der Waals surface area contributed by atoms with Crippen LogP contribution in [0.15, 0.2) is 58.3 Å². The predicted molar refractivity (Wildman–Crippen MR) is 135 cm³/mol. The molecule has 4 rings (SSSR count). The topological polar surface area (TPSA) is 157 Å². The van der Waals surface area contributed by atoms with Gasteiger partial charge in [0.2, 0.25) is 5.88 Å². The van der Waals surface area contributed by atoms with Crippen molar-refractivity contribution in [1.82, 2.24) is 14.9 Å². The number of hydrogen-bond donors (Lipinski definition) is 2. The number of benzene rings is 2. The van der Waals surface area contributed by atoms with Gasteiger partial charge in [-0.05, 0) is 53.9 Å². The normalized spacial score (nSPS) is 13.8. The van der Waals surface area contributed by atoms with E-state index in [4.69, 9.17) is 9.47 Å². The molecular formula is C23H22F3N5O7S2. The summed E-state index contributed by atoms with van der Waals surface area (Å²) in [5.41, 5.74) is 0.930. The lowest BCUT2D eigenvalue weighted by Crippen LogP contribution is -2.43. The fraction of sp³-hybridized carbons (Fsp3) is 0.261. The lowest BCUT2D eigenvalue weighted by molar-refractivity contribution is -0.186. The molecule has 0 aliphatic carbocycles. The van der Waals surface area contributed by atoms with Crippen molar-refractivity contribution in [2.24, 2.45) is 0 Å². The van der Waals surface area contributed by atoms with Gasteiger partial charge in [0.1, 0.15) is 0 Å². The number of hydrogen-bond acceptors (Lipinski definition) is 9. The number of rotatable bonds is 8. The number of carbonyl (C=O) groups is 1. The second kappa shape index (κ2) is 10.8. The first-order chi connectivity index (χ1) is 18.7. The minimum absolute atomic E-state index is 0.0240. The van der Waals surface area contributed by atoms with Crippen LogP contribution < -0.4 is 18.9 Å². The molecule has 214 valence electrons. The van der Waals surface area contributed by atoms with Gasteiger partial charge in [-0.1, -0.05) is 6.07 Å². The van der Waals surface area contributed by atoms with E-state index in [1.807, 2.05) is 0 Å². The Morgan fingerprint density at radius 1 is 0.875 bits per heavy atom. The summed E-state index contributed by atoms with van der Waals surface area (Å²) in [6.45, 7) is -0.529. The van der Waals surface area contributed by atoms with Gasteiger partial charge in [0.05, 0.1) is 24.0 Å². The maximum Gasteiger partial charge on any atom is 0.471 e. The number of amides is 1. The third-order valence-electron chi connectivity index (χ3n) is 5.76. The molecule has 2 heterocycles. The van der Waals surface area contributed by atoms with Crippen molar-refractivity contribution >= 4 is 37.5 Å². The fourth-order valence-electron chi connectivity index (χ4n) is 3.82. The molecular weight excluding hydrogens is 579 g/mol. The number of carbonyl (C=O) groups excluding carboxylic acids is 1. The first kappa shape index (κ1) is 28.9. The van der Waals surface area contributed by atoms with E-state index in [0.29, 0.717) is 10.5 Å². The molecule has 0 bridgehead atoms. The third-order valence-corrected chi connectivity index (χ3v) is 8.51. The Morgan fingerprint density at radius 3 is 2.15 bits per heavy atom. The molecule has 0 atom stereocenters. The molecule has 2 aromatic carbocycles. The summed E-state index contributed by atoms with van der Waals surface area (Å²) >= 11 is 0. The van der Waals surface area contributed by atoms with E-state index in [9.17, 15) is 34.8 Å². The number of fused-ring (bicyclic) bond motifs is 1. The van der Waals surface area contributed by atoms with Gasteiger partial charge >= 0.3 is 18.1 Å². The highest BCUT2D eigenvalue weighted by molar-refractivity contribution is 7.93. The highest BCUT2D eigenvalue weighted by Gasteiger charge is 2.43. The van der Waals surface area contributed by atoms with Crippen LogP contribution in [0.4, 0.5) is 24.7 Å². The van der Waals surface area contributed by atoms with Crippen LogP contribution in [0.25, 0.3) is 0 Å². The number of anilines is 2. The largest absolute Gasteiger partial charge is 0.481 e. The third kappa shape index (κ3) is 6.36. The standard InChI is InChI=1S/C23H22F3N5O7S2/c1-37-20-12-19(27-22(28-20)38-2)30-39(33,34)17-7-4-16(5-8-17)29-40(35,36)18-6-3-14-9-10-31(13-15(14)11-18)21(32)23(24,25)26/h3-8,11-12,29H,9-10,13H2,1-2H3,(H,27,28,30). The zero-order valence-corrected chi connectivity index (χ0v) is 22.5. The molecule has 17 heteroatoms. The zero-order chi connectivity index (χ0) is 29.3. The molecule has 0 saturated heterocycles. The Balaban J connectivity index is 1.50. The molecule has 0 fully saturated rings. The Hall–Kier alpha value is -4.12. The summed E-state index contributed by atoms with van der Waals surface area (Å²) in [7, 11) is -5.74. The van der Waals surface area contributed by atoms with E-state index in [-0.39, 0.29) is 58.3 Å². The number of sulfonamides is 2. The van der Waals surface area contributed by atoms with Crippen molar-refractivity contribution in [2.45, 2.75) is 28.9 Å². The van der Waals surface area contributed by atoms with Crippen LogP contribution in [0.5, 0.6) is 11.9 Å². The number of ether oxygens (including phenoxy) is 2. The molecule has 0 radical (unpaired) electrons. The number of methoxy groups -OCH3 is 2. The zero-order valence-electron chi connectivity index (χ0n) is 20.9. The van der Waals surface area contributed by atoms with Crippen molar-refractivity contribution in [1.29, 1.82) is 0 Å².